The number of hydrogen-bond acceptors (Lipinski definition) is 8. The molecule has 1 aliphatic heterocycles. The summed E-state index contributed by atoms with van der Waals surface area (Å²) in [6, 6.07) is -0.875. The first-order chi connectivity index (χ1) is 11.3. The molecule has 24 heavy (non-hydrogen) atoms. The van der Waals surface area contributed by atoms with Crippen LogP contribution in [0.15, 0.2) is 12.7 Å². The van der Waals surface area contributed by atoms with Crippen molar-refractivity contribution in [3.05, 3.63) is 12.7 Å². The molecule has 1 aliphatic rings. The molecule has 0 bridgehead atoms. The van der Waals surface area contributed by atoms with E-state index in [4.69, 9.17) is 18.9 Å². The molecule has 0 aromatic carbocycles. The van der Waals surface area contributed by atoms with Crippen molar-refractivity contribution in [2.45, 2.75) is 45.3 Å². The van der Waals surface area contributed by atoms with Gasteiger partial charge in [0.1, 0.15) is 25.4 Å². The van der Waals surface area contributed by atoms with E-state index >= 15 is 0 Å². The number of esters is 2. The van der Waals surface area contributed by atoms with Crippen LogP contribution in [0.2, 0.25) is 0 Å². The van der Waals surface area contributed by atoms with E-state index in [0.717, 1.165) is 0 Å². The molecule has 0 radical (unpaired) electrons. The van der Waals surface area contributed by atoms with Gasteiger partial charge >= 0.3 is 18.0 Å². The quantitative estimate of drug-likeness (QED) is 0.395. The van der Waals surface area contributed by atoms with Gasteiger partial charge in [0.2, 0.25) is 0 Å². The number of nitrogens with one attached hydrogen (secondary N) is 1. The van der Waals surface area contributed by atoms with E-state index in [1.54, 1.807) is 6.92 Å². The Kier molecular flexibility index (Phi) is 7.66. The van der Waals surface area contributed by atoms with Crippen LogP contribution in [0.3, 0.4) is 0 Å². The van der Waals surface area contributed by atoms with Crippen molar-refractivity contribution in [3.8, 4) is 0 Å². The third-order valence-electron chi connectivity index (χ3n) is 3.44. The molecule has 136 valence electrons. The van der Waals surface area contributed by atoms with E-state index < -0.39 is 48.5 Å². The van der Waals surface area contributed by atoms with Gasteiger partial charge in [-0.2, -0.15) is 0 Å². The van der Waals surface area contributed by atoms with Crippen molar-refractivity contribution in [2.24, 2.45) is 5.92 Å². The Bertz CT molecular complexity index is 480. The minimum atomic E-state index is -1.39. The monoisotopic (exact) mass is 345 g/mol. The van der Waals surface area contributed by atoms with E-state index in [-0.39, 0.29) is 13.2 Å². The summed E-state index contributed by atoms with van der Waals surface area (Å²) in [5.41, 5.74) is 0. The average molecular weight is 345 g/mol. The second-order valence-electron chi connectivity index (χ2n) is 5.36. The van der Waals surface area contributed by atoms with E-state index in [2.05, 4.69) is 11.9 Å². The van der Waals surface area contributed by atoms with Crippen LogP contribution in [0, 0.1) is 5.92 Å². The number of amides is 1. The molecular formula is C15H23NO8. The molecule has 1 amide bonds. The van der Waals surface area contributed by atoms with Gasteiger partial charge in [0.15, 0.2) is 6.29 Å². The minimum absolute atomic E-state index is 0.00629. The summed E-state index contributed by atoms with van der Waals surface area (Å²) in [5.74, 6) is -1.61. The standard InChI is InChI=1S/C15H23NO8/c1-5-6-21-15(20)16-12-8(2)13(23-10(4)18)11(24-14(12)19)7-22-9(3)17/h5,8,11-14,19H,1,6-7H2,2-4H3,(H,16,20)/t8?,11-,12?,13+,14+/m0/s1. The summed E-state index contributed by atoms with van der Waals surface area (Å²) in [7, 11) is 0. The van der Waals surface area contributed by atoms with Gasteiger partial charge in [-0.05, 0) is 0 Å². The van der Waals surface area contributed by atoms with Gasteiger partial charge in [-0.25, -0.2) is 4.79 Å². The van der Waals surface area contributed by atoms with Crippen molar-refractivity contribution in [3.63, 3.8) is 0 Å². The summed E-state index contributed by atoms with van der Waals surface area (Å²) in [6.07, 6.45) is -2.44. The smallest absolute Gasteiger partial charge is 0.407 e. The van der Waals surface area contributed by atoms with E-state index in [1.807, 2.05) is 0 Å². The van der Waals surface area contributed by atoms with Crippen LogP contribution < -0.4 is 5.32 Å². The van der Waals surface area contributed by atoms with E-state index in [9.17, 15) is 19.5 Å². The van der Waals surface area contributed by atoms with Gasteiger partial charge in [-0.15, -0.1) is 0 Å². The molecule has 0 aromatic heterocycles. The second-order valence-corrected chi connectivity index (χ2v) is 5.36. The van der Waals surface area contributed by atoms with Crippen molar-refractivity contribution >= 4 is 18.0 Å². The summed E-state index contributed by atoms with van der Waals surface area (Å²) in [6.45, 7) is 7.35. The Morgan fingerprint density at radius 3 is 2.46 bits per heavy atom. The van der Waals surface area contributed by atoms with Crippen LogP contribution in [-0.2, 0) is 28.5 Å². The maximum Gasteiger partial charge on any atom is 0.407 e. The zero-order valence-electron chi connectivity index (χ0n) is 13.9. The molecular weight excluding hydrogens is 322 g/mol. The highest BCUT2D eigenvalue weighted by Gasteiger charge is 2.46. The maximum atomic E-state index is 11.7. The van der Waals surface area contributed by atoms with Crippen LogP contribution in [-0.4, -0.2) is 60.9 Å². The number of aliphatic hydroxyl groups excluding tert-OH is 1. The van der Waals surface area contributed by atoms with Crippen LogP contribution in [0.25, 0.3) is 0 Å². The molecule has 1 fully saturated rings. The first-order valence-electron chi connectivity index (χ1n) is 7.44. The number of aliphatic hydroxyl groups is 1. The highest BCUT2D eigenvalue weighted by Crippen LogP contribution is 2.28. The molecule has 0 saturated carbocycles. The van der Waals surface area contributed by atoms with Crippen LogP contribution in [0.4, 0.5) is 4.79 Å². The zero-order valence-corrected chi connectivity index (χ0v) is 13.9. The fraction of sp³-hybridized carbons (Fsp3) is 0.667. The Hall–Kier alpha value is -2.13. The number of ether oxygens (including phenoxy) is 4. The predicted octanol–water partition coefficient (Wildman–Crippen LogP) is 0.115. The van der Waals surface area contributed by atoms with Crippen molar-refractivity contribution in [1.82, 2.24) is 5.32 Å². The molecule has 1 heterocycles. The summed E-state index contributed by atoms with van der Waals surface area (Å²) in [5, 5.41) is 12.6. The highest BCUT2D eigenvalue weighted by atomic mass is 16.7. The minimum Gasteiger partial charge on any atom is -0.463 e. The fourth-order valence-electron chi connectivity index (χ4n) is 2.37. The van der Waals surface area contributed by atoms with Crippen molar-refractivity contribution in [1.29, 1.82) is 0 Å². The largest absolute Gasteiger partial charge is 0.463 e. The molecule has 0 spiro atoms. The number of carbonyl (C=O) groups is 3. The number of carbonyl (C=O) groups excluding carboxylic acids is 3. The maximum absolute atomic E-state index is 11.7. The van der Waals surface area contributed by atoms with Crippen molar-refractivity contribution < 1.29 is 38.4 Å². The van der Waals surface area contributed by atoms with Crippen LogP contribution in [0.5, 0.6) is 0 Å². The molecule has 1 saturated heterocycles. The number of rotatable bonds is 6. The summed E-state index contributed by atoms with van der Waals surface area (Å²) < 4.78 is 20.2. The SMILES string of the molecule is C=CCOC(=O)NC1C(C)[C@@H](OC(C)=O)[C@H](COC(C)=O)O[C@H]1O. The van der Waals surface area contributed by atoms with Crippen molar-refractivity contribution in [2.75, 3.05) is 13.2 Å². The lowest BCUT2D eigenvalue weighted by Crippen LogP contribution is -2.61. The lowest BCUT2D eigenvalue weighted by atomic mass is 9.88. The van der Waals surface area contributed by atoms with Crippen LogP contribution in [0.1, 0.15) is 20.8 Å². The zero-order chi connectivity index (χ0) is 18.3. The molecule has 2 N–H and O–H groups in total. The Balaban J connectivity index is 2.82. The van der Waals surface area contributed by atoms with Gasteiger partial charge in [-0.3, -0.25) is 9.59 Å². The molecule has 9 heteroatoms. The molecule has 0 aromatic rings. The Morgan fingerprint density at radius 2 is 1.92 bits per heavy atom. The summed E-state index contributed by atoms with van der Waals surface area (Å²) >= 11 is 0. The fourth-order valence-corrected chi connectivity index (χ4v) is 2.37. The second kappa shape index (κ2) is 9.24. The van der Waals surface area contributed by atoms with Gasteiger partial charge in [0.05, 0.1) is 6.04 Å². The predicted molar refractivity (Wildman–Crippen MR) is 80.7 cm³/mol. The molecule has 5 atom stereocenters. The van der Waals surface area contributed by atoms with Gasteiger partial charge in [-0.1, -0.05) is 19.6 Å². The van der Waals surface area contributed by atoms with Gasteiger partial charge in [0, 0.05) is 19.8 Å². The summed E-state index contributed by atoms with van der Waals surface area (Å²) in [4.78, 5) is 33.9. The van der Waals surface area contributed by atoms with E-state index in [1.165, 1.54) is 19.9 Å². The third kappa shape index (κ3) is 5.82. The molecule has 9 nitrogen and oxygen atoms in total. The third-order valence-corrected chi connectivity index (χ3v) is 3.44. The topological polar surface area (TPSA) is 120 Å². The normalized spacial score (nSPS) is 29.2. The van der Waals surface area contributed by atoms with Gasteiger partial charge < -0.3 is 29.4 Å². The first kappa shape index (κ1) is 19.9. The molecule has 0 aliphatic carbocycles. The molecule has 2 unspecified atom stereocenters. The van der Waals surface area contributed by atoms with Gasteiger partial charge in [0.25, 0.3) is 0 Å². The lowest BCUT2D eigenvalue weighted by Gasteiger charge is -2.42. The Morgan fingerprint density at radius 1 is 1.25 bits per heavy atom. The first-order valence-corrected chi connectivity index (χ1v) is 7.44. The Labute approximate surface area is 139 Å². The van der Waals surface area contributed by atoms with Crippen LogP contribution >= 0.6 is 0 Å². The van der Waals surface area contributed by atoms with E-state index in [0.29, 0.717) is 0 Å². The average Bonchev–Trinajstić information content (AvgIpc) is 2.50. The number of hydrogen-bond donors (Lipinski definition) is 2. The number of alkyl carbamates (subject to hydrolysis) is 1. The molecule has 1 rings (SSSR count). The lowest BCUT2D eigenvalue weighted by molar-refractivity contribution is -0.246. The highest BCUT2D eigenvalue weighted by molar-refractivity contribution is 5.68.